The largest absolute Gasteiger partial charge is 0.231 e. The van der Waals surface area contributed by atoms with Gasteiger partial charge in [-0.3, -0.25) is 0 Å². The van der Waals surface area contributed by atoms with Crippen molar-refractivity contribution >= 4 is 24.4 Å². The second kappa shape index (κ2) is 7.21. The number of nitrogens with zero attached hydrogens (tertiary/aromatic N) is 2. The number of rotatable bonds is 6. The van der Waals surface area contributed by atoms with Crippen molar-refractivity contribution in [2.75, 3.05) is 11.5 Å². The van der Waals surface area contributed by atoms with Gasteiger partial charge in [0.15, 0.2) is 5.16 Å². The normalized spacial score (nSPS) is 10.2. The van der Waals surface area contributed by atoms with E-state index in [2.05, 4.69) is 22.6 Å². The monoisotopic (exact) mass is 214 g/mol. The quantitative estimate of drug-likeness (QED) is 0.341. The Morgan fingerprint density at radius 2 is 1.92 bits per heavy atom. The van der Waals surface area contributed by atoms with E-state index < -0.39 is 0 Å². The lowest BCUT2D eigenvalue weighted by atomic mass is 10.3. The van der Waals surface area contributed by atoms with Crippen molar-refractivity contribution in [2.45, 2.75) is 24.4 Å². The van der Waals surface area contributed by atoms with Crippen LogP contribution in [0.5, 0.6) is 0 Å². The number of thiol groups is 1. The van der Waals surface area contributed by atoms with E-state index in [1.807, 2.05) is 6.07 Å². The zero-order valence-corrected chi connectivity index (χ0v) is 9.23. The van der Waals surface area contributed by atoms with Gasteiger partial charge in [-0.05, 0) is 24.7 Å². The number of unbranched alkanes of at least 4 members (excludes halogenated alkanes) is 2. The van der Waals surface area contributed by atoms with E-state index in [4.69, 9.17) is 0 Å². The van der Waals surface area contributed by atoms with Gasteiger partial charge in [0.25, 0.3) is 0 Å². The summed E-state index contributed by atoms with van der Waals surface area (Å²) < 4.78 is 0. The first kappa shape index (κ1) is 10.9. The molecule has 0 aliphatic rings. The molecule has 0 amide bonds. The molecule has 0 aromatic carbocycles. The van der Waals surface area contributed by atoms with Gasteiger partial charge in [0.1, 0.15) is 0 Å². The van der Waals surface area contributed by atoms with E-state index in [-0.39, 0.29) is 0 Å². The van der Waals surface area contributed by atoms with Crippen molar-refractivity contribution < 1.29 is 0 Å². The Morgan fingerprint density at radius 1 is 1.15 bits per heavy atom. The molecule has 0 aliphatic heterocycles. The third-order valence-electron chi connectivity index (χ3n) is 1.58. The lowest BCUT2D eigenvalue weighted by Gasteiger charge is -1.98. The summed E-state index contributed by atoms with van der Waals surface area (Å²) in [7, 11) is 0. The van der Waals surface area contributed by atoms with Crippen LogP contribution >= 0.6 is 24.4 Å². The number of hydrogen-bond donors (Lipinski definition) is 1. The van der Waals surface area contributed by atoms with Gasteiger partial charge < -0.3 is 0 Å². The average Bonchev–Trinajstić information content (AvgIpc) is 2.19. The summed E-state index contributed by atoms with van der Waals surface area (Å²) >= 11 is 5.88. The molecule has 0 radical (unpaired) electrons. The molecule has 0 aliphatic carbocycles. The zero-order valence-electron chi connectivity index (χ0n) is 7.52. The Bertz CT molecular complexity index is 216. The van der Waals surface area contributed by atoms with Crippen molar-refractivity contribution in [1.29, 1.82) is 0 Å². The van der Waals surface area contributed by atoms with Gasteiger partial charge in [-0.2, -0.15) is 12.6 Å². The van der Waals surface area contributed by atoms with E-state index in [1.165, 1.54) is 19.3 Å². The second-order valence-corrected chi connectivity index (χ2v) is 4.17. The standard InChI is InChI=1S/C9H14N2S2/c12-7-2-1-3-8-13-9-10-5-4-6-11-9/h4-6,12H,1-3,7-8H2. The third-order valence-corrected chi connectivity index (χ3v) is 2.85. The molecule has 72 valence electrons. The van der Waals surface area contributed by atoms with Crippen LogP contribution in [-0.2, 0) is 0 Å². The number of aromatic nitrogens is 2. The third kappa shape index (κ3) is 5.16. The van der Waals surface area contributed by atoms with Gasteiger partial charge in [-0.15, -0.1) is 0 Å². The minimum atomic E-state index is 0.883. The molecule has 0 saturated carbocycles. The summed E-state index contributed by atoms with van der Waals surface area (Å²) in [5, 5.41) is 0.883. The van der Waals surface area contributed by atoms with Crippen molar-refractivity contribution in [3.8, 4) is 0 Å². The van der Waals surface area contributed by atoms with Crippen LogP contribution in [-0.4, -0.2) is 21.5 Å². The maximum absolute atomic E-state index is 4.16. The molecule has 0 spiro atoms. The van der Waals surface area contributed by atoms with E-state index in [0.717, 1.165) is 16.7 Å². The molecule has 4 heteroatoms. The average molecular weight is 214 g/mol. The summed E-state index contributed by atoms with van der Waals surface area (Å²) in [4.78, 5) is 8.27. The van der Waals surface area contributed by atoms with Crippen LogP contribution in [0, 0.1) is 0 Å². The summed E-state index contributed by atoms with van der Waals surface area (Å²) in [6, 6.07) is 1.84. The molecule has 0 bridgehead atoms. The minimum Gasteiger partial charge on any atom is -0.231 e. The van der Waals surface area contributed by atoms with Crippen molar-refractivity contribution in [3.63, 3.8) is 0 Å². The first-order valence-electron chi connectivity index (χ1n) is 4.44. The maximum Gasteiger partial charge on any atom is 0.187 e. The predicted molar refractivity (Wildman–Crippen MR) is 60.5 cm³/mol. The Labute approximate surface area is 89.0 Å². The number of hydrogen-bond acceptors (Lipinski definition) is 4. The zero-order chi connectivity index (χ0) is 9.36. The second-order valence-electron chi connectivity index (χ2n) is 2.66. The molecule has 13 heavy (non-hydrogen) atoms. The van der Waals surface area contributed by atoms with Crippen LogP contribution in [0.3, 0.4) is 0 Å². The first-order chi connectivity index (χ1) is 6.43. The van der Waals surface area contributed by atoms with Crippen molar-refractivity contribution in [2.24, 2.45) is 0 Å². The summed E-state index contributed by atoms with van der Waals surface area (Å²) in [5.41, 5.74) is 0. The summed E-state index contributed by atoms with van der Waals surface area (Å²) in [5.74, 6) is 2.10. The van der Waals surface area contributed by atoms with Gasteiger partial charge in [0.2, 0.25) is 0 Å². The van der Waals surface area contributed by atoms with Gasteiger partial charge in [0.05, 0.1) is 0 Å². The molecule has 0 saturated heterocycles. The molecular weight excluding hydrogens is 200 g/mol. The highest BCUT2D eigenvalue weighted by atomic mass is 32.2. The van der Waals surface area contributed by atoms with Gasteiger partial charge in [-0.1, -0.05) is 18.2 Å². The molecule has 0 N–H and O–H groups in total. The topological polar surface area (TPSA) is 25.8 Å². The van der Waals surface area contributed by atoms with E-state index in [1.54, 1.807) is 24.2 Å². The van der Waals surface area contributed by atoms with Crippen LogP contribution < -0.4 is 0 Å². The van der Waals surface area contributed by atoms with Crippen LogP contribution in [0.25, 0.3) is 0 Å². The molecule has 0 unspecified atom stereocenters. The molecular formula is C9H14N2S2. The lowest BCUT2D eigenvalue weighted by Crippen LogP contribution is -1.86. The minimum absolute atomic E-state index is 0.883. The Hall–Kier alpha value is -0.220. The van der Waals surface area contributed by atoms with E-state index in [9.17, 15) is 0 Å². The van der Waals surface area contributed by atoms with Crippen LogP contribution in [0.2, 0.25) is 0 Å². The Balaban J connectivity index is 2.07. The number of thioether (sulfide) groups is 1. The molecule has 1 heterocycles. The highest BCUT2D eigenvalue weighted by Crippen LogP contribution is 2.13. The lowest BCUT2D eigenvalue weighted by molar-refractivity contribution is 0.785. The molecule has 0 atom stereocenters. The highest BCUT2D eigenvalue weighted by Gasteiger charge is 1.94. The molecule has 1 aromatic rings. The summed E-state index contributed by atoms with van der Waals surface area (Å²) in [6.07, 6.45) is 7.25. The molecule has 1 rings (SSSR count). The van der Waals surface area contributed by atoms with E-state index in [0.29, 0.717) is 0 Å². The maximum atomic E-state index is 4.16. The van der Waals surface area contributed by atoms with Gasteiger partial charge in [-0.25, -0.2) is 9.97 Å². The van der Waals surface area contributed by atoms with Crippen LogP contribution in [0.1, 0.15) is 19.3 Å². The van der Waals surface area contributed by atoms with Gasteiger partial charge >= 0.3 is 0 Å². The van der Waals surface area contributed by atoms with E-state index >= 15 is 0 Å². The van der Waals surface area contributed by atoms with Crippen LogP contribution in [0.15, 0.2) is 23.6 Å². The van der Waals surface area contributed by atoms with Crippen molar-refractivity contribution in [1.82, 2.24) is 9.97 Å². The predicted octanol–water partition coefficient (Wildman–Crippen LogP) is 2.67. The van der Waals surface area contributed by atoms with Crippen molar-refractivity contribution in [3.05, 3.63) is 18.5 Å². The van der Waals surface area contributed by atoms with Crippen LogP contribution in [0.4, 0.5) is 0 Å². The molecule has 2 nitrogen and oxygen atoms in total. The smallest absolute Gasteiger partial charge is 0.187 e. The fourth-order valence-electron chi connectivity index (χ4n) is 0.914. The molecule has 1 aromatic heterocycles. The molecule has 0 fully saturated rings. The fraction of sp³-hybridized carbons (Fsp3) is 0.556. The van der Waals surface area contributed by atoms with Gasteiger partial charge in [0, 0.05) is 18.1 Å². The Kier molecular flexibility index (Phi) is 6.02. The Morgan fingerprint density at radius 3 is 2.62 bits per heavy atom. The SMILES string of the molecule is SCCCCCSc1ncccn1. The highest BCUT2D eigenvalue weighted by molar-refractivity contribution is 7.99. The first-order valence-corrected chi connectivity index (χ1v) is 6.06. The fourth-order valence-corrected chi connectivity index (χ4v) is 1.94. The summed E-state index contributed by atoms with van der Waals surface area (Å²) in [6.45, 7) is 0.